The third kappa shape index (κ3) is 3.57. The number of anilines is 1. The van der Waals surface area contributed by atoms with Crippen LogP contribution in [-0.4, -0.2) is 32.5 Å². The van der Waals surface area contributed by atoms with Gasteiger partial charge in [-0.1, -0.05) is 25.1 Å². The Labute approximate surface area is 124 Å². The number of nitrogens with two attached hydrogens (primary N) is 1. The van der Waals surface area contributed by atoms with Crippen LogP contribution in [0, 0.1) is 6.92 Å². The molecule has 1 aliphatic rings. The molecular weight excluding hydrogens is 276 g/mol. The van der Waals surface area contributed by atoms with Crippen LogP contribution in [-0.2, 0) is 0 Å². The molecule has 3 N–H and O–H groups in total. The minimum absolute atomic E-state index is 0.314. The number of thioether (sulfide) groups is 1. The van der Waals surface area contributed by atoms with Gasteiger partial charge >= 0.3 is 0 Å². The summed E-state index contributed by atoms with van der Waals surface area (Å²) in [6, 6.07) is 1.81. The standard InChI is InChI=1S/C13H20N4S2/c1-9-7-10(11(14)18)17-12(16-9)15-8-13(19-2)5-3-4-6-13/h7H,3-6,8H2,1-2H3,(H2,14,18)(H,15,16,17). The highest BCUT2D eigenvalue weighted by atomic mass is 32.2. The van der Waals surface area contributed by atoms with Crippen LogP contribution in [0.15, 0.2) is 6.07 Å². The van der Waals surface area contributed by atoms with Crippen molar-refractivity contribution in [1.82, 2.24) is 9.97 Å². The molecule has 19 heavy (non-hydrogen) atoms. The quantitative estimate of drug-likeness (QED) is 0.814. The van der Waals surface area contributed by atoms with E-state index in [0.29, 0.717) is 21.4 Å². The Morgan fingerprint density at radius 2 is 2.16 bits per heavy atom. The van der Waals surface area contributed by atoms with Crippen LogP contribution in [0.4, 0.5) is 5.95 Å². The molecule has 1 aliphatic carbocycles. The predicted molar refractivity (Wildman–Crippen MR) is 85.9 cm³/mol. The first kappa shape index (κ1) is 14.5. The van der Waals surface area contributed by atoms with Gasteiger partial charge in [0.15, 0.2) is 0 Å². The number of nitrogens with one attached hydrogen (secondary N) is 1. The van der Waals surface area contributed by atoms with Crippen LogP contribution < -0.4 is 11.1 Å². The van der Waals surface area contributed by atoms with Crippen LogP contribution in [0.5, 0.6) is 0 Å². The lowest BCUT2D eigenvalue weighted by Crippen LogP contribution is -2.30. The second-order valence-electron chi connectivity index (χ2n) is 5.03. The molecule has 0 radical (unpaired) electrons. The molecule has 6 heteroatoms. The van der Waals surface area contributed by atoms with Crippen molar-refractivity contribution in [3.05, 3.63) is 17.5 Å². The number of nitrogens with zero attached hydrogens (tertiary/aromatic N) is 2. The molecule has 1 fully saturated rings. The Hall–Kier alpha value is -0.880. The van der Waals surface area contributed by atoms with Crippen molar-refractivity contribution in [2.75, 3.05) is 18.1 Å². The summed E-state index contributed by atoms with van der Waals surface area (Å²) in [5, 5.41) is 3.36. The van der Waals surface area contributed by atoms with Gasteiger partial charge in [-0.05, 0) is 32.1 Å². The largest absolute Gasteiger partial charge is 0.388 e. The second-order valence-corrected chi connectivity index (χ2v) is 6.74. The summed E-state index contributed by atoms with van der Waals surface area (Å²) in [5.74, 6) is 0.628. The van der Waals surface area contributed by atoms with Gasteiger partial charge in [-0.15, -0.1) is 0 Å². The van der Waals surface area contributed by atoms with Crippen LogP contribution in [0.2, 0.25) is 0 Å². The number of thiocarbonyl (C=S) groups is 1. The van der Waals surface area contributed by atoms with E-state index < -0.39 is 0 Å². The molecular formula is C13H20N4S2. The van der Waals surface area contributed by atoms with E-state index in [1.54, 1.807) is 0 Å². The molecule has 2 rings (SSSR count). The van der Waals surface area contributed by atoms with E-state index in [2.05, 4.69) is 21.5 Å². The zero-order valence-corrected chi connectivity index (χ0v) is 13.0. The molecule has 0 unspecified atom stereocenters. The summed E-state index contributed by atoms with van der Waals surface area (Å²) in [4.78, 5) is 9.07. The summed E-state index contributed by atoms with van der Waals surface area (Å²) in [6.45, 7) is 2.82. The second kappa shape index (κ2) is 6.05. The van der Waals surface area contributed by atoms with Crippen LogP contribution in [0.1, 0.15) is 37.1 Å². The van der Waals surface area contributed by atoms with E-state index in [1.807, 2.05) is 24.8 Å². The Balaban J connectivity index is 2.08. The molecule has 1 saturated carbocycles. The summed E-state index contributed by atoms with van der Waals surface area (Å²) >= 11 is 6.92. The van der Waals surface area contributed by atoms with Crippen molar-refractivity contribution in [3.8, 4) is 0 Å². The van der Waals surface area contributed by atoms with Crippen molar-refractivity contribution in [2.24, 2.45) is 5.73 Å². The van der Waals surface area contributed by atoms with Gasteiger partial charge in [-0.25, -0.2) is 9.97 Å². The number of hydrogen-bond acceptors (Lipinski definition) is 5. The third-order valence-electron chi connectivity index (χ3n) is 3.62. The summed E-state index contributed by atoms with van der Waals surface area (Å²) in [6.07, 6.45) is 7.33. The van der Waals surface area contributed by atoms with Crippen molar-refractivity contribution in [3.63, 3.8) is 0 Å². The van der Waals surface area contributed by atoms with E-state index in [0.717, 1.165) is 12.2 Å². The highest BCUT2D eigenvalue weighted by Crippen LogP contribution is 2.40. The Morgan fingerprint density at radius 3 is 2.74 bits per heavy atom. The van der Waals surface area contributed by atoms with Crippen molar-refractivity contribution >= 4 is 34.9 Å². The lowest BCUT2D eigenvalue weighted by molar-refractivity contribution is 0.637. The van der Waals surface area contributed by atoms with Gasteiger partial charge in [0.25, 0.3) is 0 Å². The molecule has 0 saturated heterocycles. The SMILES string of the molecule is CSC1(CNc2nc(C)cc(C(N)=S)n2)CCCC1. The van der Waals surface area contributed by atoms with Crippen molar-refractivity contribution in [2.45, 2.75) is 37.4 Å². The summed E-state index contributed by atoms with van der Waals surface area (Å²) < 4.78 is 0.330. The number of aryl methyl sites for hydroxylation is 1. The fraction of sp³-hybridized carbons (Fsp3) is 0.615. The molecule has 1 aromatic rings. The lowest BCUT2D eigenvalue weighted by Gasteiger charge is -2.27. The minimum Gasteiger partial charge on any atom is -0.388 e. The summed E-state index contributed by atoms with van der Waals surface area (Å²) in [5.41, 5.74) is 7.14. The first-order valence-electron chi connectivity index (χ1n) is 6.49. The molecule has 1 aromatic heterocycles. The zero-order valence-electron chi connectivity index (χ0n) is 11.4. The predicted octanol–water partition coefficient (Wildman–Crippen LogP) is 2.51. The molecule has 0 aromatic carbocycles. The van der Waals surface area contributed by atoms with Crippen molar-refractivity contribution < 1.29 is 0 Å². The first-order chi connectivity index (χ1) is 9.04. The van der Waals surface area contributed by atoms with Crippen LogP contribution in [0.3, 0.4) is 0 Å². The van der Waals surface area contributed by atoms with E-state index in [-0.39, 0.29) is 0 Å². The average molecular weight is 296 g/mol. The lowest BCUT2D eigenvalue weighted by atomic mass is 10.1. The smallest absolute Gasteiger partial charge is 0.223 e. The monoisotopic (exact) mass is 296 g/mol. The Kier molecular flexibility index (Phi) is 4.62. The normalized spacial score (nSPS) is 17.4. The minimum atomic E-state index is 0.314. The van der Waals surface area contributed by atoms with Gasteiger partial charge in [-0.2, -0.15) is 11.8 Å². The van der Waals surface area contributed by atoms with E-state index in [9.17, 15) is 0 Å². The molecule has 0 atom stereocenters. The topological polar surface area (TPSA) is 63.8 Å². The average Bonchev–Trinajstić information content (AvgIpc) is 2.85. The summed E-state index contributed by atoms with van der Waals surface area (Å²) in [7, 11) is 0. The fourth-order valence-corrected chi connectivity index (χ4v) is 3.50. The van der Waals surface area contributed by atoms with Crippen molar-refractivity contribution in [1.29, 1.82) is 0 Å². The molecule has 0 aliphatic heterocycles. The molecule has 1 heterocycles. The highest BCUT2D eigenvalue weighted by Gasteiger charge is 2.32. The number of hydrogen-bond donors (Lipinski definition) is 2. The molecule has 0 bridgehead atoms. The first-order valence-corrected chi connectivity index (χ1v) is 8.12. The van der Waals surface area contributed by atoms with Gasteiger partial charge in [0.1, 0.15) is 10.7 Å². The van der Waals surface area contributed by atoms with Crippen LogP contribution in [0.25, 0.3) is 0 Å². The van der Waals surface area contributed by atoms with Gasteiger partial charge in [-0.3, -0.25) is 0 Å². The molecule has 0 spiro atoms. The third-order valence-corrected chi connectivity index (χ3v) is 5.25. The van der Waals surface area contributed by atoms with E-state index >= 15 is 0 Å². The van der Waals surface area contributed by atoms with Gasteiger partial charge in [0.05, 0.1) is 0 Å². The molecule has 104 valence electrons. The Bertz CT molecular complexity index is 470. The maximum atomic E-state index is 5.63. The maximum absolute atomic E-state index is 5.63. The van der Waals surface area contributed by atoms with Crippen LogP contribution >= 0.6 is 24.0 Å². The van der Waals surface area contributed by atoms with Gasteiger partial charge in [0, 0.05) is 17.0 Å². The molecule has 0 amide bonds. The fourth-order valence-electron chi connectivity index (χ4n) is 2.49. The van der Waals surface area contributed by atoms with Gasteiger partial charge in [0.2, 0.25) is 5.95 Å². The van der Waals surface area contributed by atoms with Gasteiger partial charge < -0.3 is 11.1 Å². The number of aromatic nitrogens is 2. The van der Waals surface area contributed by atoms with E-state index in [1.165, 1.54) is 25.7 Å². The number of rotatable bonds is 5. The Morgan fingerprint density at radius 1 is 1.47 bits per heavy atom. The highest BCUT2D eigenvalue weighted by molar-refractivity contribution is 8.00. The maximum Gasteiger partial charge on any atom is 0.223 e. The zero-order chi connectivity index (χ0) is 13.9. The molecule has 4 nitrogen and oxygen atoms in total. The van der Waals surface area contributed by atoms with E-state index in [4.69, 9.17) is 18.0 Å².